The zero-order chi connectivity index (χ0) is 11.3. The molecule has 1 aromatic rings. The second-order valence-electron chi connectivity index (χ2n) is 2.93. The monoisotopic (exact) mass is 217 g/mol. The summed E-state index contributed by atoms with van der Waals surface area (Å²) in [5, 5.41) is 2.00. The van der Waals surface area contributed by atoms with Crippen LogP contribution in [-0.2, 0) is 11.2 Å². The largest absolute Gasteiger partial charge is 0.351 e. The van der Waals surface area contributed by atoms with Crippen LogP contribution in [-0.4, -0.2) is 18.9 Å². The second-order valence-corrected chi connectivity index (χ2v) is 2.93. The summed E-state index contributed by atoms with van der Waals surface area (Å²) >= 11 is 0. The van der Waals surface area contributed by atoms with Gasteiger partial charge in [0.2, 0.25) is 0 Å². The van der Waals surface area contributed by atoms with Crippen LogP contribution in [0, 0.1) is 5.82 Å². The van der Waals surface area contributed by atoms with Gasteiger partial charge in [0.15, 0.2) is 0 Å². The van der Waals surface area contributed by atoms with E-state index in [1.165, 1.54) is 12.1 Å². The Hall–Kier alpha value is -1.52. The van der Waals surface area contributed by atoms with Crippen LogP contribution >= 0.6 is 0 Å². The lowest BCUT2D eigenvalue weighted by atomic mass is 10.1. The second kappa shape index (κ2) is 5.38. The predicted octanol–water partition coefficient (Wildman–Crippen LogP) is 1.75. The number of carbonyl (C=O) groups is 1. The summed E-state index contributed by atoms with van der Waals surface area (Å²) in [5.41, 5.74) is 0.395. The summed E-state index contributed by atoms with van der Waals surface area (Å²) in [6, 6.07) is 6.01. The molecule has 0 aliphatic heterocycles. The summed E-state index contributed by atoms with van der Waals surface area (Å²) in [4.78, 5) is 10.5. The smallest absolute Gasteiger partial charge is 0.315 e. The Morgan fingerprint density at radius 2 is 2.00 bits per heavy atom. The van der Waals surface area contributed by atoms with Gasteiger partial charge in [0.25, 0.3) is 5.91 Å². The van der Waals surface area contributed by atoms with E-state index in [1.54, 1.807) is 12.1 Å². The van der Waals surface area contributed by atoms with Crippen LogP contribution in [0.1, 0.15) is 5.56 Å². The van der Waals surface area contributed by atoms with Gasteiger partial charge < -0.3 is 5.32 Å². The zero-order valence-corrected chi connectivity index (χ0v) is 7.84. The average molecular weight is 217 g/mol. The molecule has 0 fully saturated rings. The number of hydrogen-bond donors (Lipinski definition) is 1. The van der Waals surface area contributed by atoms with Crippen molar-refractivity contribution in [2.75, 3.05) is 6.54 Å². The maximum atomic E-state index is 13.0. The Morgan fingerprint density at radius 1 is 1.33 bits per heavy atom. The van der Waals surface area contributed by atoms with Crippen LogP contribution in [0.3, 0.4) is 0 Å². The third-order valence-corrected chi connectivity index (χ3v) is 1.85. The molecule has 0 saturated carbocycles. The standard InChI is InChI=1S/C10H10F3NO/c11-8-4-2-1-3-7(8)5-6-14-10(15)9(12)13/h1-4,9H,5-6H2,(H,14,15). The minimum absolute atomic E-state index is 0.00407. The Labute approximate surface area is 85.1 Å². The lowest BCUT2D eigenvalue weighted by Crippen LogP contribution is -2.31. The van der Waals surface area contributed by atoms with Crippen molar-refractivity contribution in [3.05, 3.63) is 35.6 Å². The highest BCUT2D eigenvalue weighted by atomic mass is 19.3. The van der Waals surface area contributed by atoms with E-state index in [1.807, 2.05) is 5.32 Å². The Bertz CT molecular complexity index is 341. The third-order valence-electron chi connectivity index (χ3n) is 1.85. The lowest BCUT2D eigenvalue weighted by molar-refractivity contribution is -0.131. The van der Waals surface area contributed by atoms with Crippen molar-refractivity contribution >= 4 is 5.91 Å². The maximum absolute atomic E-state index is 13.0. The van der Waals surface area contributed by atoms with Crippen molar-refractivity contribution in [1.82, 2.24) is 5.32 Å². The van der Waals surface area contributed by atoms with Gasteiger partial charge in [-0.1, -0.05) is 18.2 Å². The molecule has 15 heavy (non-hydrogen) atoms. The van der Waals surface area contributed by atoms with Crippen LogP contribution < -0.4 is 5.32 Å². The minimum Gasteiger partial charge on any atom is -0.351 e. The molecule has 82 valence electrons. The van der Waals surface area contributed by atoms with Crippen molar-refractivity contribution in [3.63, 3.8) is 0 Å². The number of carbonyl (C=O) groups excluding carboxylic acids is 1. The number of alkyl halides is 2. The first-order chi connectivity index (χ1) is 7.11. The van der Waals surface area contributed by atoms with Crippen molar-refractivity contribution < 1.29 is 18.0 Å². The van der Waals surface area contributed by atoms with E-state index in [-0.39, 0.29) is 13.0 Å². The van der Waals surface area contributed by atoms with Crippen molar-refractivity contribution in [2.24, 2.45) is 0 Å². The van der Waals surface area contributed by atoms with Crippen molar-refractivity contribution in [1.29, 1.82) is 0 Å². The molecule has 0 radical (unpaired) electrons. The van der Waals surface area contributed by atoms with Gasteiger partial charge in [0.05, 0.1) is 0 Å². The number of halogens is 3. The molecular weight excluding hydrogens is 207 g/mol. The minimum atomic E-state index is -3.02. The number of rotatable bonds is 4. The molecule has 0 spiro atoms. The maximum Gasteiger partial charge on any atom is 0.315 e. The fourth-order valence-corrected chi connectivity index (χ4v) is 1.10. The highest BCUT2D eigenvalue weighted by Crippen LogP contribution is 2.06. The molecule has 1 amide bonds. The van der Waals surface area contributed by atoms with Crippen LogP contribution in [0.2, 0.25) is 0 Å². The van der Waals surface area contributed by atoms with Gasteiger partial charge in [-0.25, -0.2) is 4.39 Å². The van der Waals surface area contributed by atoms with E-state index < -0.39 is 18.1 Å². The summed E-state index contributed by atoms with van der Waals surface area (Å²) in [5.74, 6) is -1.73. The molecule has 0 atom stereocenters. The summed E-state index contributed by atoms with van der Waals surface area (Å²) in [6.45, 7) is 0.00407. The molecule has 0 aromatic heterocycles. The molecule has 0 saturated heterocycles. The SMILES string of the molecule is O=C(NCCc1ccccc1F)C(F)F. The average Bonchev–Trinajstić information content (AvgIpc) is 2.20. The van der Waals surface area contributed by atoms with E-state index in [9.17, 15) is 18.0 Å². The third kappa shape index (κ3) is 3.61. The van der Waals surface area contributed by atoms with Crippen molar-refractivity contribution in [3.8, 4) is 0 Å². The van der Waals surface area contributed by atoms with Gasteiger partial charge in [-0.05, 0) is 18.1 Å². The molecule has 0 heterocycles. The zero-order valence-electron chi connectivity index (χ0n) is 7.84. The summed E-state index contributed by atoms with van der Waals surface area (Å²) in [7, 11) is 0. The van der Waals surface area contributed by atoms with Crippen molar-refractivity contribution in [2.45, 2.75) is 12.8 Å². The quantitative estimate of drug-likeness (QED) is 0.817. The Morgan fingerprint density at radius 3 is 2.60 bits per heavy atom. The molecule has 0 aliphatic rings. The van der Waals surface area contributed by atoms with E-state index >= 15 is 0 Å². The molecule has 1 rings (SSSR count). The normalized spacial score (nSPS) is 10.4. The van der Waals surface area contributed by atoms with Gasteiger partial charge in [-0.15, -0.1) is 0 Å². The Kier molecular flexibility index (Phi) is 4.15. The van der Waals surface area contributed by atoms with Gasteiger partial charge in [0.1, 0.15) is 5.82 Å². The van der Waals surface area contributed by atoms with Gasteiger partial charge in [0, 0.05) is 6.54 Å². The lowest BCUT2D eigenvalue weighted by Gasteiger charge is -2.04. The van der Waals surface area contributed by atoms with Gasteiger partial charge in [-0.3, -0.25) is 4.79 Å². The number of benzene rings is 1. The topological polar surface area (TPSA) is 29.1 Å². The number of hydrogen-bond acceptors (Lipinski definition) is 1. The molecular formula is C10H10F3NO. The van der Waals surface area contributed by atoms with Gasteiger partial charge >= 0.3 is 6.43 Å². The highest BCUT2D eigenvalue weighted by molar-refractivity contribution is 5.78. The summed E-state index contributed by atoms with van der Waals surface area (Å²) in [6.07, 6.45) is -2.82. The molecule has 0 bridgehead atoms. The number of amides is 1. The molecule has 0 aliphatic carbocycles. The fourth-order valence-electron chi connectivity index (χ4n) is 1.10. The predicted molar refractivity (Wildman–Crippen MR) is 49.1 cm³/mol. The first kappa shape index (κ1) is 11.6. The molecule has 0 unspecified atom stereocenters. The number of nitrogens with one attached hydrogen (secondary N) is 1. The fraction of sp³-hybridized carbons (Fsp3) is 0.300. The summed E-state index contributed by atoms with van der Waals surface area (Å²) < 4.78 is 36.5. The molecule has 1 N–H and O–H groups in total. The van der Waals surface area contributed by atoms with E-state index in [4.69, 9.17) is 0 Å². The first-order valence-electron chi connectivity index (χ1n) is 4.40. The van der Waals surface area contributed by atoms with E-state index in [0.29, 0.717) is 5.56 Å². The van der Waals surface area contributed by atoms with E-state index in [0.717, 1.165) is 0 Å². The van der Waals surface area contributed by atoms with Crippen LogP contribution in [0.5, 0.6) is 0 Å². The molecule has 1 aromatic carbocycles. The van der Waals surface area contributed by atoms with Crippen LogP contribution in [0.15, 0.2) is 24.3 Å². The Balaban J connectivity index is 2.38. The van der Waals surface area contributed by atoms with Crippen LogP contribution in [0.4, 0.5) is 13.2 Å². The highest BCUT2D eigenvalue weighted by Gasteiger charge is 2.13. The molecule has 2 nitrogen and oxygen atoms in total. The van der Waals surface area contributed by atoms with Gasteiger partial charge in [-0.2, -0.15) is 8.78 Å². The van der Waals surface area contributed by atoms with E-state index in [2.05, 4.69) is 0 Å². The van der Waals surface area contributed by atoms with Crippen LogP contribution in [0.25, 0.3) is 0 Å². The first-order valence-corrected chi connectivity index (χ1v) is 4.40. The molecule has 5 heteroatoms.